The fourth-order valence-corrected chi connectivity index (χ4v) is 1.89. The fraction of sp³-hybridized carbons (Fsp3) is 0.105. The van der Waals surface area contributed by atoms with Gasteiger partial charge < -0.3 is 5.73 Å². The molecule has 2 heteroatoms. The van der Waals surface area contributed by atoms with Crippen LogP contribution in [0.15, 0.2) is 80.0 Å². The van der Waals surface area contributed by atoms with Crippen LogP contribution >= 0.6 is 0 Å². The van der Waals surface area contributed by atoms with E-state index >= 15 is 0 Å². The highest BCUT2D eigenvalue weighted by Gasteiger charge is 2.09. The molecule has 0 heterocycles. The molecule has 21 heavy (non-hydrogen) atoms. The van der Waals surface area contributed by atoms with E-state index in [1.807, 2.05) is 60.7 Å². The minimum Gasteiger partial charge on any atom is -0.366 e. The highest BCUT2D eigenvalue weighted by molar-refractivity contribution is 5.98. The normalized spacial score (nSPS) is 11.9. The van der Waals surface area contributed by atoms with Crippen molar-refractivity contribution in [2.24, 2.45) is 5.73 Å². The van der Waals surface area contributed by atoms with Gasteiger partial charge in [0.05, 0.1) is 0 Å². The highest BCUT2D eigenvalue weighted by Crippen LogP contribution is 2.22. The summed E-state index contributed by atoms with van der Waals surface area (Å²) in [6, 6.07) is 7.34. The van der Waals surface area contributed by atoms with Gasteiger partial charge in [-0.15, -0.1) is 13.2 Å². The van der Waals surface area contributed by atoms with Crippen molar-refractivity contribution in [1.29, 1.82) is 0 Å². The van der Waals surface area contributed by atoms with E-state index in [1.54, 1.807) is 6.07 Å². The van der Waals surface area contributed by atoms with Crippen molar-refractivity contribution in [2.75, 3.05) is 0 Å². The number of primary amides is 1. The largest absolute Gasteiger partial charge is 0.366 e. The molecule has 0 unspecified atom stereocenters. The number of rotatable bonds is 8. The first kappa shape index (κ1) is 16.4. The van der Waals surface area contributed by atoms with Crippen LogP contribution in [0.2, 0.25) is 0 Å². The number of carbonyl (C=O) groups excluding carboxylic acids is 1. The fourth-order valence-electron chi connectivity index (χ4n) is 1.89. The number of benzene rings is 1. The summed E-state index contributed by atoms with van der Waals surface area (Å²) in [5.41, 5.74) is 7.82. The lowest BCUT2D eigenvalue weighted by Gasteiger charge is -2.08. The van der Waals surface area contributed by atoms with E-state index in [-0.39, 0.29) is 0 Å². The molecule has 0 aromatic heterocycles. The maximum Gasteiger partial charge on any atom is 0.249 e. The zero-order valence-electron chi connectivity index (χ0n) is 12.2. The molecule has 1 rings (SSSR count). The molecule has 0 saturated carbocycles. The maximum atomic E-state index is 11.5. The predicted molar refractivity (Wildman–Crippen MR) is 90.8 cm³/mol. The molecule has 0 aliphatic carbocycles. The maximum absolute atomic E-state index is 11.5. The van der Waals surface area contributed by atoms with Crippen LogP contribution in [0.4, 0.5) is 0 Å². The first-order valence-electron chi connectivity index (χ1n) is 6.84. The quantitative estimate of drug-likeness (QED) is 0.555. The average Bonchev–Trinajstić information content (AvgIpc) is 2.49. The molecule has 0 radical (unpaired) electrons. The molecule has 0 saturated heterocycles. The zero-order valence-corrected chi connectivity index (χ0v) is 12.2. The first-order chi connectivity index (χ1) is 10.2. The lowest BCUT2D eigenvalue weighted by molar-refractivity contribution is 0.1000. The Balaban J connectivity index is 3.04. The van der Waals surface area contributed by atoms with Crippen LogP contribution in [0.5, 0.6) is 0 Å². The van der Waals surface area contributed by atoms with Gasteiger partial charge in [-0.1, -0.05) is 60.7 Å². The van der Waals surface area contributed by atoms with Crippen LogP contribution in [-0.4, -0.2) is 5.91 Å². The second-order valence-corrected chi connectivity index (χ2v) is 4.43. The molecule has 0 spiro atoms. The van der Waals surface area contributed by atoms with Crippen molar-refractivity contribution in [2.45, 2.75) is 12.8 Å². The Morgan fingerprint density at radius 1 is 1.05 bits per heavy atom. The van der Waals surface area contributed by atoms with Gasteiger partial charge in [-0.25, -0.2) is 0 Å². The molecule has 108 valence electrons. The second kappa shape index (κ2) is 9.32. The summed E-state index contributed by atoms with van der Waals surface area (Å²) in [6.45, 7) is 7.42. The molecule has 0 bridgehead atoms. The SMILES string of the molecule is C=CC/C=C/C=C/C=C(/CC=C)c1ccccc1C(N)=O. The molecule has 2 nitrogen and oxygen atoms in total. The van der Waals surface area contributed by atoms with Gasteiger partial charge >= 0.3 is 0 Å². The first-order valence-corrected chi connectivity index (χ1v) is 6.84. The number of hydrogen-bond acceptors (Lipinski definition) is 1. The summed E-state index contributed by atoms with van der Waals surface area (Å²) in [5, 5.41) is 0. The molecular weight excluding hydrogens is 258 g/mol. The summed E-state index contributed by atoms with van der Waals surface area (Å²) in [7, 11) is 0. The smallest absolute Gasteiger partial charge is 0.249 e. The van der Waals surface area contributed by atoms with Gasteiger partial charge in [0.25, 0.3) is 0 Å². The van der Waals surface area contributed by atoms with Gasteiger partial charge in [0.1, 0.15) is 0 Å². The van der Waals surface area contributed by atoms with Crippen molar-refractivity contribution in [1.82, 2.24) is 0 Å². The van der Waals surface area contributed by atoms with E-state index in [0.717, 1.165) is 17.6 Å². The molecule has 0 fully saturated rings. The van der Waals surface area contributed by atoms with Gasteiger partial charge in [-0.05, 0) is 30.0 Å². The van der Waals surface area contributed by atoms with Gasteiger partial charge in [0, 0.05) is 5.56 Å². The summed E-state index contributed by atoms with van der Waals surface area (Å²) in [4.78, 5) is 11.5. The van der Waals surface area contributed by atoms with Crippen LogP contribution in [0.25, 0.3) is 5.57 Å². The Labute approximate surface area is 126 Å². The van der Waals surface area contributed by atoms with Gasteiger partial charge in [0.15, 0.2) is 0 Å². The third-order valence-corrected chi connectivity index (χ3v) is 2.86. The Morgan fingerprint density at radius 3 is 2.38 bits per heavy atom. The Kier molecular flexibility index (Phi) is 7.30. The van der Waals surface area contributed by atoms with Gasteiger partial charge in [0.2, 0.25) is 5.91 Å². The number of allylic oxidation sites excluding steroid dienone is 8. The van der Waals surface area contributed by atoms with E-state index in [4.69, 9.17) is 5.73 Å². The van der Waals surface area contributed by atoms with Gasteiger partial charge in [-0.2, -0.15) is 0 Å². The minimum atomic E-state index is -0.421. The van der Waals surface area contributed by atoms with Crippen molar-refractivity contribution < 1.29 is 4.79 Å². The molecular formula is C19H21NO. The summed E-state index contributed by atoms with van der Waals surface area (Å²) in [6.07, 6.45) is 15.0. The predicted octanol–water partition coefficient (Wildman–Crippen LogP) is 4.43. The third-order valence-electron chi connectivity index (χ3n) is 2.86. The molecule has 1 amide bonds. The lowest BCUT2D eigenvalue weighted by Crippen LogP contribution is -2.13. The molecule has 0 aliphatic rings. The molecule has 1 aromatic rings. The van der Waals surface area contributed by atoms with Crippen LogP contribution in [-0.2, 0) is 0 Å². The topological polar surface area (TPSA) is 43.1 Å². The zero-order chi connectivity index (χ0) is 15.5. The third kappa shape index (κ3) is 5.49. The van der Waals surface area contributed by atoms with E-state index < -0.39 is 5.91 Å². The number of amides is 1. The molecule has 1 aromatic carbocycles. The number of hydrogen-bond donors (Lipinski definition) is 1. The monoisotopic (exact) mass is 279 g/mol. The van der Waals surface area contributed by atoms with E-state index in [0.29, 0.717) is 12.0 Å². The van der Waals surface area contributed by atoms with Crippen LogP contribution in [0.1, 0.15) is 28.8 Å². The lowest BCUT2D eigenvalue weighted by atomic mass is 9.96. The average molecular weight is 279 g/mol. The Hall–Kier alpha value is -2.61. The summed E-state index contributed by atoms with van der Waals surface area (Å²) < 4.78 is 0. The standard InChI is InChI=1S/C19H21NO/c1-3-5-6-7-8-9-13-16(12-4-2)17-14-10-11-15-18(17)19(20)21/h3-4,6-11,13-15H,1-2,5,12H2,(H2,20,21)/b7-6+,9-8+,16-13-. The van der Waals surface area contributed by atoms with E-state index in [9.17, 15) is 4.79 Å². The van der Waals surface area contributed by atoms with Crippen molar-refractivity contribution >= 4 is 11.5 Å². The minimum absolute atomic E-state index is 0.421. The van der Waals surface area contributed by atoms with Crippen LogP contribution < -0.4 is 5.73 Å². The van der Waals surface area contributed by atoms with Gasteiger partial charge in [-0.3, -0.25) is 4.79 Å². The molecule has 0 aliphatic heterocycles. The van der Waals surface area contributed by atoms with E-state index in [2.05, 4.69) is 13.2 Å². The number of carbonyl (C=O) groups is 1. The molecule has 2 N–H and O–H groups in total. The summed E-state index contributed by atoms with van der Waals surface area (Å²) in [5.74, 6) is -0.421. The highest BCUT2D eigenvalue weighted by atomic mass is 16.1. The molecule has 0 atom stereocenters. The van der Waals surface area contributed by atoms with Crippen LogP contribution in [0, 0.1) is 0 Å². The Morgan fingerprint density at radius 2 is 1.76 bits per heavy atom. The van der Waals surface area contributed by atoms with Crippen molar-refractivity contribution in [3.63, 3.8) is 0 Å². The number of nitrogens with two attached hydrogens (primary N) is 1. The van der Waals surface area contributed by atoms with Crippen molar-refractivity contribution in [3.05, 3.63) is 91.1 Å². The van der Waals surface area contributed by atoms with E-state index in [1.165, 1.54) is 0 Å². The van der Waals surface area contributed by atoms with Crippen LogP contribution in [0.3, 0.4) is 0 Å². The van der Waals surface area contributed by atoms with Crippen molar-refractivity contribution in [3.8, 4) is 0 Å². The Bertz CT molecular complexity index is 591. The second-order valence-electron chi connectivity index (χ2n) is 4.43. The summed E-state index contributed by atoms with van der Waals surface area (Å²) >= 11 is 0.